The zero-order valence-electron chi connectivity index (χ0n) is 7.16. The highest BCUT2D eigenvalue weighted by Crippen LogP contribution is 2.47. The fourth-order valence-corrected chi connectivity index (χ4v) is 1.67. The second kappa shape index (κ2) is 2.57. The van der Waals surface area contributed by atoms with Gasteiger partial charge in [0.2, 0.25) is 0 Å². The van der Waals surface area contributed by atoms with Crippen molar-refractivity contribution >= 4 is 0 Å². The van der Waals surface area contributed by atoms with Crippen LogP contribution in [0.4, 0.5) is 0 Å². The maximum atomic E-state index is 5.82. The Kier molecular flexibility index (Phi) is 1.67. The Hall–Kier alpha value is -0.860. The second-order valence-corrected chi connectivity index (χ2v) is 3.27. The van der Waals surface area contributed by atoms with E-state index in [1.807, 2.05) is 18.2 Å². The van der Waals surface area contributed by atoms with Gasteiger partial charge in [-0.1, -0.05) is 30.3 Å². The smallest absolute Gasteiger partial charge is 0.109 e. The largest absolute Gasteiger partial charge is 0.372 e. The van der Waals surface area contributed by atoms with E-state index in [1.165, 1.54) is 5.56 Å². The third kappa shape index (κ3) is 0.958. The Bertz CT molecular complexity index is 268. The molecule has 0 aromatic heterocycles. The fraction of sp³-hybridized carbons (Fsp3) is 0.400. The molecule has 2 rings (SSSR count). The Morgan fingerprint density at radius 2 is 2.00 bits per heavy atom. The van der Waals surface area contributed by atoms with Crippen molar-refractivity contribution in [3.8, 4) is 0 Å². The third-order valence-corrected chi connectivity index (χ3v) is 2.59. The lowest BCUT2D eigenvalue weighted by molar-refractivity contribution is 0.0736. The van der Waals surface area contributed by atoms with Gasteiger partial charge in [0.15, 0.2) is 0 Å². The van der Waals surface area contributed by atoms with Gasteiger partial charge in [0, 0.05) is 19.6 Å². The molecule has 12 heavy (non-hydrogen) atoms. The molecule has 1 aliphatic carbocycles. The zero-order chi connectivity index (χ0) is 8.60. The minimum atomic E-state index is -0.179. The molecule has 0 saturated heterocycles. The van der Waals surface area contributed by atoms with Gasteiger partial charge in [0.25, 0.3) is 0 Å². The van der Waals surface area contributed by atoms with E-state index in [4.69, 9.17) is 10.5 Å². The van der Waals surface area contributed by atoms with Gasteiger partial charge in [-0.3, -0.25) is 0 Å². The standard InChI is InChI=1S/C10H13NO/c1-12-10(7-9(10)11)8-5-3-2-4-6-8/h2-6,9H,7,11H2,1H3/t9-,10-/m1/s1. The number of benzene rings is 1. The SMILES string of the molecule is CO[C@@]1(c2ccccc2)C[C@H]1N. The monoisotopic (exact) mass is 163 g/mol. The summed E-state index contributed by atoms with van der Waals surface area (Å²) >= 11 is 0. The maximum absolute atomic E-state index is 5.82. The van der Waals surface area contributed by atoms with Crippen molar-refractivity contribution < 1.29 is 4.74 Å². The lowest BCUT2D eigenvalue weighted by Gasteiger charge is -2.14. The summed E-state index contributed by atoms with van der Waals surface area (Å²) in [5.74, 6) is 0. The van der Waals surface area contributed by atoms with Gasteiger partial charge in [-0.05, 0) is 5.56 Å². The van der Waals surface area contributed by atoms with Crippen LogP contribution in [0.5, 0.6) is 0 Å². The van der Waals surface area contributed by atoms with Crippen molar-refractivity contribution in [2.75, 3.05) is 7.11 Å². The molecule has 2 heteroatoms. The van der Waals surface area contributed by atoms with Crippen LogP contribution >= 0.6 is 0 Å². The number of hydrogen-bond acceptors (Lipinski definition) is 2. The predicted molar refractivity (Wildman–Crippen MR) is 47.7 cm³/mol. The molecule has 0 aliphatic heterocycles. The number of ether oxygens (including phenoxy) is 1. The van der Waals surface area contributed by atoms with E-state index in [0.717, 1.165) is 6.42 Å². The van der Waals surface area contributed by atoms with E-state index in [-0.39, 0.29) is 11.6 Å². The topological polar surface area (TPSA) is 35.2 Å². The van der Waals surface area contributed by atoms with Crippen LogP contribution in [0.1, 0.15) is 12.0 Å². The summed E-state index contributed by atoms with van der Waals surface area (Å²) in [7, 11) is 1.72. The van der Waals surface area contributed by atoms with Crippen LogP contribution in [0.25, 0.3) is 0 Å². The normalized spacial score (nSPS) is 33.3. The lowest BCUT2D eigenvalue weighted by Crippen LogP contribution is -2.20. The fourth-order valence-electron chi connectivity index (χ4n) is 1.67. The van der Waals surface area contributed by atoms with E-state index in [9.17, 15) is 0 Å². The average Bonchev–Trinajstić information content (AvgIpc) is 2.80. The van der Waals surface area contributed by atoms with Crippen molar-refractivity contribution in [3.63, 3.8) is 0 Å². The molecule has 0 bridgehead atoms. The van der Waals surface area contributed by atoms with Crippen LogP contribution in [0, 0.1) is 0 Å². The molecular formula is C10H13NO. The van der Waals surface area contributed by atoms with Crippen LogP contribution in [-0.2, 0) is 10.3 Å². The highest BCUT2D eigenvalue weighted by atomic mass is 16.5. The molecule has 2 nitrogen and oxygen atoms in total. The van der Waals surface area contributed by atoms with Gasteiger partial charge < -0.3 is 10.5 Å². The summed E-state index contributed by atoms with van der Waals surface area (Å²) in [6.07, 6.45) is 0.938. The van der Waals surface area contributed by atoms with Gasteiger partial charge in [-0.15, -0.1) is 0 Å². The number of nitrogens with two attached hydrogens (primary N) is 1. The lowest BCUT2D eigenvalue weighted by atomic mass is 10.1. The van der Waals surface area contributed by atoms with Crippen molar-refractivity contribution in [3.05, 3.63) is 35.9 Å². The molecule has 0 spiro atoms. The van der Waals surface area contributed by atoms with Crippen molar-refractivity contribution in [1.29, 1.82) is 0 Å². The van der Waals surface area contributed by atoms with Gasteiger partial charge >= 0.3 is 0 Å². The highest BCUT2D eigenvalue weighted by Gasteiger charge is 2.53. The Morgan fingerprint density at radius 1 is 1.42 bits per heavy atom. The quantitative estimate of drug-likeness (QED) is 0.712. The van der Waals surface area contributed by atoms with Crippen molar-refractivity contribution in [2.45, 2.75) is 18.1 Å². The maximum Gasteiger partial charge on any atom is 0.109 e. The number of hydrogen-bond donors (Lipinski definition) is 1. The van der Waals surface area contributed by atoms with Crippen molar-refractivity contribution in [2.24, 2.45) is 5.73 Å². The number of rotatable bonds is 2. The van der Waals surface area contributed by atoms with Crippen molar-refractivity contribution in [1.82, 2.24) is 0 Å². The van der Waals surface area contributed by atoms with Crippen LogP contribution in [0.15, 0.2) is 30.3 Å². The first-order valence-electron chi connectivity index (χ1n) is 4.16. The molecule has 1 fully saturated rings. The summed E-state index contributed by atoms with van der Waals surface area (Å²) in [6.45, 7) is 0. The van der Waals surface area contributed by atoms with Crippen LogP contribution < -0.4 is 5.73 Å². The first-order chi connectivity index (χ1) is 5.79. The molecular weight excluding hydrogens is 150 g/mol. The van der Waals surface area contributed by atoms with E-state index in [1.54, 1.807) is 7.11 Å². The van der Waals surface area contributed by atoms with Gasteiger partial charge in [0.1, 0.15) is 5.60 Å². The average molecular weight is 163 g/mol. The molecule has 2 atom stereocenters. The van der Waals surface area contributed by atoms with Gasteiger partial charge in [-0.25, -0.2) is 0 Å². The highest BCUT2D eigenvalue weighted by molar-refractivity contribution is 5.32. The van der Waals surface area contributed by atoms with E-state index in [0.29, 0.717) is 0 Å². The molecule has 1 aromatic carbocycles. The summed E-state index contributed by atoms with van der Waals surface area (Å²) in [6, 6.07) is 10.3. The minimum absolute atomic E-state index is 0.171. The first kappa shape index (κ1) is 7.77. The summed E-state index contributed by atoms with van der Waals surface area (Å²) < 4.78 is 5.42. The molecule has 0 heterocycles. The Morgan fingerprint density at radius 3 is 2.42 bits per heavy atom. The summed E-state index contributed by atoms with van der Waals surface area (Å²) in [5, 5.41) is 0. The zero-order valence-corrected chi connectivity index (χ0v) is 7.16. The van der Waals surface area contributed by atoms with Crippen LogP contribution in [0.2, 0.25) is 0 Å². The van der Waals surface area contributed by atoms with Crippen LogP contribution in [-0.4, -0.2) is 13.2 Å². The van der Waals surface area contributed by atoms with Gasteiger partial charge in [-0.2, -0.15) is 0 Å². The van der Waals surface area contributed by atoms with E-state index < -0.39 is 0 Å². The van der Waals surface area contributed by atoms with E-state index >= 15 is 0 Å². The molecule has 1 saturated carbocycles. The molecule has 0 radical (unpaired) electrons. The van der Waals surface area contributed by atoms with Gasteiger partial charge in [0.05, 0.1) is 0 Å². The molecule has 0 amide bonds. The Balaban J connectivity index is 2.31. The molecule has 64 valence electrons. The van der Waals surface area contributed by atoms with Crippen LogP contribution in [0.3, 0.4) is 0 Å². The summed E-state index contributed by atoms with van der Waals surface area (Å²) in [5.41, 5.74) is 6.83. The first-order valence-corrected chi connectivity index (χ1v) is 4.16. The molecule has 0 unspecified atom stereocenters. The summed E-state index contributed by atoms with van der Waals surface area (Å²) in [4.78, 5) is 0. The molecule has 1 aromatic rings. The molecule has 2 N–H and O–H groups in total. The number of methoxy groups -OCH3 is 1. The third-order valence-electron chi connectivity index (χ3n) is 2.59. The van der Waals surface area contributed by atoms with E-state index in [2.05, 4.69) is 12.1 Å². The molecule has 1 aliphatic rings. The minimum Gasteiger partial charge on any atom is -0.372 e. The predicted octanol–water partition coefficient (Wildman–Crippen LogP) is 1.26. The Labute approximate surface area is 72.3 Å². The second-order valence-electron chi connectivity index (χ2n) is 3.27.